The Morgan fingerprint density at radius 1 is 0.871 bits per heavy atom. The standard InChI is InChI=1S/C22H20FN3O4S/c1-16(27)24-18-6-5-7-19(14-18)25-22(28)15-26(20-12-10-17(23)11-13-20)31(29,30)21-8-3-2-4-9-21/h2-14H,15H2,1H3,(H,24,27)(H,25,28). The van der Waals surface area contributed by atoms with Crippen molar-refractivity contribution in [2.45, 2.75) is 11.8 Å². The van der Waals surface area contributed by atoms with Crippen LogP contribution in [0.4, 0.5) is 21.5 Å². The number of benzene rings is 3. The topological polar surface area (TPSA) is 95.6 Å². The van der Waals surface area contributed by atoms with Gasteiger partial charge in [-0.25, -0.2) is 12.8 Å². The van der Waals surface area contributed by atoms with Gasteiger partial charge in [0.05, 0.1) is 10.6 Å². The fourth-order valence-electron chi connectivity index (χ4n) is 2.85. The molecule has 0 aliphatic heterocycles. The van der Waals surface area contributed by atoms with E-state index in [-0.39, 0.29) is 16.5 Å². The lowest BCUT2D eigenvalue weighted by Gasteiger charge is -2.24. The summed E-state index contributed by atoms with van der Waals surface area (Å²) in [5.74, 6) is -1.40. The van der Waals surface area contributed by atoms with Crippen LogP contribution in [0.1, 0.15) is 6.92 Å². The van der Waals surface area contributed by atoms with Crippen molar-refractivity contribution in [3.63, 3.8) is 0 Å². The van der Waals surface area contributed by atoms with E-state index >= 15 is 0 Å². The highest BCUT2D eigenvalue weighted by Gasteiger charge is 2.27. The molecule has 3 rings (SSSR count). The number of sulfonamides is 1. The van der Waals surface area contributed by atoms with Crippen molar-refractivity contribution >= 4 is 38.9 Å². The minimum Gasteiger partial charge on any atom is -0.326 e. The van der Waals surface area contributed by atoms with Crippen LogP contribution in [0.15, 0.2) is 83.8 Å². The fraction of sp³-hybridized carbons (Fsp3) is 0.0909. The van der Waals surface area contributed by atoms with Crippen LogP contribution >= 0.6 is 0 Å². The van der Waals surface area contributed by atoms with Crippen LogP contribution < -0.4 is 14.9 Å². The number of amides is 2. The quantitative estimate of drug-likeness (QED) is 0.585. The lowest BCUT2D eigenvalue weighted by atomic mass is 10.2. The summed E-state index contributed by atoms with van der Waals surface area (Å²) in [4.78, 5) is 23.9. The van der Waals surface area contributed by atoms with E-state index in [1.807, 2.05) is 0 Å². The molecule has 0 heterocycles. The van der Waals surface area contributed by atoms with Gasteiger partial charge in [-0.15, -0.1) is 0 Å². The number of anilines is 3. The summed E-state index contributed by atoms with van der Waals surface area (Å²) in [5, 5.41) is 5.22. The van der Waals surface area contributed by atoms with Crippen LogP contribution in [-0.2, 0) is 19.6 Å². The summed E-state index contributed by atoms with van der Waals surface area (Å²) in [5.41, 5.74) is 1.01. The highest BCUT2D eigenvalue weighted by Crippen LogP contribution is 2.24. The number of carbonyl (C=O) groups is 2. The smallest absolute Gasteiger partial charge is 0.264 e. The van der Waals surface area contributed by atoms with E-state index in [4.69, 9.17) is 0 Å². The molecule has 0 bridgehead atoms. The normalized spacial score (nSPS) is 10.9. The van der Waals surface area contributed by atoms with Gasteiger partial charge in [-0.1, -0.05) is 24.3 Å². The van der Waals surface area contributed by atoms with Crippen molar-refractivity contribution < 1.29 is 22.4 Å². The van der Waals surface area contributed by atoms with Crippen LogP contribution in [0.3, 0.4) is 0 Å². The molecule has 2 N–H and O–H groups in total. The van der Waals surface area contributed by atoms with Gasteiger partial charge in [0.25, 0.3) is 10.0 Å². The molecule has 0 aliphatic rings. The number of halogens is 1. The van der Waals surface area contributed by atoms with Crippen molar-refractivity contribution in [1.82, 2.24) is 0 Å². The SMILES string of the molecule is CC(=O)Nc1cccc(NC(=O)CN(c2ccc(F)cc2)S(=O)(=O)c2ccccc2)c1. The van der Waals surface area contributed by atoms with Gasteiger partial charge in [0.15, 0.2) is 0 Å². The first-order valence-electron chi connectivity index (χ1n) is 9.26. The van der Waals surface area contributed by atoms with Crippen LogP contribution in [0.2, 0.25) is 0 Å². The molecule has 0 unspecified atom stereocenters. The lowest BCUT2D eigenvalue weighted by molar-refractivity contribution is -0.115. The predicted octanol–water partition coefficient (Wildman–Crippen LogP) is 3.62. The Kier molecular flexibility index (Phi) is 6.66. The Labute approximate surface area is 179 Å². The first kappa shape index (κ1) is 22.0. The number of rotatable bonds is 7. The molecule has 0 radical (unpaired) electrons. The van der Waals surface area contributed by atoms with Crippen molar-refractivity contribution in [3.05, 3.63) is 84.7 Å². The van der Waals surface area contributed by atoms with E-state index in [0.717, 1.165) is 16.4 Å². The Morgan fingerprint density at radius 3 is 2.10 bits per heavy atom. The molecule has 9 heteroatoms. The second kappa shape index (κ2) is 9.40. The Balaban J connectivity index is 1.88. The van der Waals surface area contributed by atoms with E-state index in [1.54, 1.807) is 42.5 Å². The average Bonchev–Trinajstić information content (AvgIpc) is 2.73. The molecule has 3 aromatic rings. The van der Waals surface area contributed by atoms with Gasteiger partial charge in [-0.3, -0.25) is 13.9 Å². The van der Waals surface area contributed by atoms with E-state index in [2.05, 4.69) is 10.6 Å². The third-order valence-electron chi connectivity index (χ3n) is 4.20. The van der Waals surface area contributed by atoms with Gasteiger partial charge in [-0.05, 0) is 54.6 Å². The number of nitrogens with zero attached hydrogens (tertiary/aromatic N) is 1. The van der Waals surface area contributed by atoms with Crippen molar-refractivity contribution in [2.75, 3.05) is 21.5 Å². The van der Waals surface area contributed by atoms with Gasteiger partial charge in [0.2, 0.25) is 11.8 Å². The maximum Gasteiger partial charge on any atom is 0.264 e. The van der Waals surface area contributed by atoms with Crippen LogP contribution in [0.5, 0.6) is 0 Å². The van der Waals surface area contributed by atoms with Gasteiger partial charge in [0.1, 0.15) is 12.4 Å². The molecule has 0 fully saturated rings. The van der Waals surface area contributed by atoms with E-state index in [0.29, 0.717) is 11.4 Å². The number of carbonyl (C=O) groups excluding carboxylic acids is 2. The lowest BCUT2D eigenvalue weighted by Crippen LogP contribution is -2.38. The largest absolute Gasteiger partial charge is 0.326 e. The second-order valence-corrected chi connectivity index (χ2v) is 8.47. The minimum atomic E-state index is -4.09. The van der Waals surface area contributed by atoms with Gasteiger partial charge < -0.3 is 10.6 Å². The van der Waals surface area contributed by atoms with Crippen molar-refractivity contribution in [2.24, 2.45) is 0 Å². The zero-order valence-electron chi connectivity index (χ0n) is 16.6. The highest BCUT2D eigenvalue weighted by molar-refractivity contribution is 7.92. The summed E-state index contributed by atoms with van der Waals surface area (Å²) < 4.78 is 40.7. The van der Waals surface area contributed by atoms with E-state index < -0.39 is 28.3 Å². The van der Waals surface area contributed by atoms with Crippen LogP contribution in [0, 0.1) is 5.82 Å². The first-order valence-corrected chi connectivity index (χ1v) is 10.7. The molecule has 7 nitrogen and oxygen atoms in total. The molecule has 160 valence electrons. The highest BCUT2D eigenvalue weighted by atomic mass is 32.2. The summed E-state index contributed by atoms with van der Waals surface area (Å²) in [6, 6.07) is 18.9. The van der Waals surface area contributed by atoms with Crippen LogP contribution in [0.25, 0.3) is 0 Å². The van der Waals surface area contributed by atoms with Gasteiger partial charge >= 0.3 is 0 Å². The third kappa shape index (κ3) is 5.67. The molecule has 31 heavy (non-hydrogen) atoms. The zero-order chi connectivity index (χ0) is 22.4. The molecule has 0 atom stereocenters. The molecule has 0 spiro atoms. The minimum absolute atomic E-state index is 0.000203. The van der Waals surface area contributed by atoms with Crippen LogP contribution in [-0.4, -0.2) is 26.8 Å². The number of hydrogen-bond donors (Lipinski definition) is 2. The molecule has 2 amide bonds. The summed E-state index contributed by atoms with van der Waals surface area (Å²) >= 11 is 0. The molecule has 0 aromatic heterocycles. The van der Waals surface area contributed by atoms with Crippen molar-refractivity contribution in [1.29, 1.82) is 0 Å². The molecule has 0 saturated heterocycles. The van der Waals surface area contributed by atoms with Gasteiger partial charge in [-0.2, -0.15) is 0 Å². The van der Waals surface area contributed by atoms with E-state index in [9.17, 15) is 22.4 Å². The average molecular weight is 441 g/mol. The van der Waals surface area contributed by atoms with E-state index in [1.165, 1.54) is 31.2 Å². The monoisotopic (exact) mass is 441 g/mol. The van der Waals surface area contributed by atoms with Crippen molar-refractivity contribution in [3.8, 4) is 0 Å². The Bertz CT molecular complexity index is 1180. The second-order valence-electron chi connectivity index (χ2n) is 6.61. The fourth-order valence-corrected chi connectivity index (χ4v) is 4.29. The molecule has 0 saturated carbocycles. The molecule has 3 aromatic carbocycles. The number of nitrogens with one attached hydrogen (secondary N) is 2. The Morgan fingerprint density at radius 2 is 1.48 bits per heavy atom. The summed E-state index contributed by atoms with van der Waals surface area (Å²) in [6.07, 6.45) is 0. The Hall–Kier alpha value is -3.72. The molecule has 0 aliphatic carbocycles. The third-order valence-corrected chi connectivity index (χ3v) is 5.99. The predicted molar refractivity (Wildman–Crippen MR) is 117 cm³/mol. The van der Waals surface area contributed by atoms with Gasteiger partial charge in [0, 0.05) is 18.3 Å². The molecular formula is C22H20FN3O4S. The first-order chi connectivity index (χ1) is 14.8. The zero-order valence-corrected chi connectivity index (χ0v) is 17.4. The number of hydrogen-bond acceptors (Lipinski definition) is 4. The maximum absolute atomic E-state index is 13.4. The summed E-state index contributed by atoms with van der Waals surface area (Å²) in [7, 11) is -4.09. The molecular weight excluding hydrogens is 421 g/mol. The maximum atomic E-state index is 13.4. The summed E-state index contributed by atoms with van der Waals surface area (Å²) in [6.45, 7) is 0.827.